The van der Waals surface area contributed by atoms with Gasteiger partial charge in [0, 0.05) is 25.1 Å². The van der Waals surface area contributed by atoms with Crippen LogP contribution in [0.15, 0.2) is 65.2 Å². The van der Waals surface area contributed by atoms with Gasteiger partial charge in [-0.3, -0.25) is 9.59 Å². The van der Waals surface area contributed by atoms with Gasteiger partial charge >= 0.3 is 0 Å². The number of rotatable bonds is 6. The molecule has 160 valence electrons. The van der Waals surface area contributed by atoms with Gasteiger partial charge in [0.15, 0.2) is 5.89 Å². The van der Waals surface area contributed by atoms with Gasteiger partial charge in [0.2, 0.25) is 5.91 Å². The number of benzene rings is 2. The van der Waals surface area contributed by atoms with Crippen molar-refractivity contribution in [2.45, 2.75) is 25.2 Å². The minimum absolute atomic E-state index is 0.0180. The Morgan fingerprint density at radius 1 is 1.13 bits per heavy atom. The van der Waals surface area contributed by atoms with Crippen LogP contribution in [0.25, 0.3) is 0 Å². The fourth-order valence-electron chi connectivity index (χ4n) is 3.76. The molecule has 1 atom stereocenters. The number of oxazole rings is 1. The Balaban J connectivity index is 1.32. The normalized spacial score (nSPS) is 16.2. The molecule has 0 aliphatic carbocycles. The lowest BCUT2D eigenvalue weighted by molar-refractivity contribution is -0.131. The smallest absolute Gasteiger partial charge is 0.251 e. The molecular weight excluding hydrogens is 397 g/mol. The summed E-state index contributed by atoms with van der Waals surface area (Å²) in [6.07, 6.45) is 3.96. The maximum absolute atomic E-state index is 13.1. The summed E-state index contributed by atoms with van der Waals surface area (Å²) < 4.78 is 19.0. The van der Waals surface area contributed by atoms with Crippen molar-refractivity contribution in [2.24, 2.45) is 0 Å². The van der Waals surface area contributed by atoms with E-state index in [4.69, 9.17) is 4.42 Å². The SMILES string of the molecule is O=C(NCC(=O)N1CCC[C@@H](c2ncc(Cc3ccc(F)cc3)o2)C1)c1ccccc1. The van der Waals surface area contributed by atoms with Gasteiger partial charge in [-0.15, -0.1) is 0 Å². The first-order valence-electron chi connectivity index (χ1n) is 10.4. The Labute approximate surface area is 180 Å². The van der Waals surface area contributed by atoms with Gasteiger partial charge in [0.05, 0.1) is 18.7 Å². The van der Waals surface area contributed by atoms with E-state index in [1.807, 2.05) is 6.07 Å². The standard InChI is InChI=1S/C24H24FN3O3/c25-20-10-8-17(9-11-20)13-21-14-27-24(31-21)19-7-4-12-28(16-19)22(29)15-26-23(30)18-5-2-1-3-6-18/h1-3,5-6,8-11,14,19H,4,7,12-13,15-16H2,(H,26,30)/t19-/m1/s1. The topological polar surface area (TPSA) is 75.4 Å². The molecule has 0 radical (unpaired) electrons. The third-order valence-electron chi connectivity index (χ3n) is 5.42. The van der Waals surface area contributed by atoms with Crippen molar-refractivity contribution in [3.63, 3.8) is 0 Å². The monoisotopic (exact) mass is 421 g/mol. The molecule has 2 heterocycles. The number of amides is 2. The second kappa shape index (κ2) is 9.55. The van der Waals surface area contributed by atoms with Crippen molar-refractivity contribution in [3.05, 3.63) is 89.4 Å². The summed E-state index contributed by atoms with van der Waals surface area (Å²) in [7, 11) is 0. The summed E-state index contributed by atoms with van der Waals surface area (Å²) in [6.45, 7) is 1.12. The van der Waals surface area contributed by atoms with Gasteiger partial charge in [-0.05, 0) is 42.7 Å². The summed E-state index contributed by atoms with van der Waals surface area (Å²) in [6, 6.07) is 15.1. The van der Waals surface area contributed by atoms with Gasteiger partial charge in [-0.2, -0.15) is 0 Å². The first-order chi connectivity index (χ1) is 15.1. The van der Waals surface area contributed by atoms with Crippen LogP contribution in [0.1, 0.15) is 46.3 Å². The van der Waals surface area contributed by atoms with Crippen LogP contribution in [0.5, 0.6) is 0 Å². The number of halogens is 1. The Kier molecular flexibility index (Phi) is 6.40. The molecule has 1 saturated heterocycles. The highest BCUT2D eigenvalue weighted by Gasteiger charge is 2.28. The molecule has 0 bridgehead atoms. The largest absolute Gasteiger partial charge is 0.445 e. The van der Waals surface area contributed by atoms with Crippen molar-refractivity contribution in [1.29, 1.82) is 0 Å². The molecule has 3 aromatic rings. The second-order valence-corrected chi connectivity index (χ2v) is 7.70. The molecule has 2 aromatic carbocycles. The second-order valence-electron chi connectivity index (χ2n) is 7.70. The average Bonchev–Trinajstić information content (AvgIpc) is 3.28. The maximum atomic E-state index is 13.1. The van der Waals surface area contributed by atoms with E-state index in [1.54, 1.807) is 47.5 Å². The van der Waals surface area contributed by atoms with E-state index < -0.39 is 0 Å². The number of carbonyl (C=O) groups is 2. The number of nitrogens with one attached hydrogen (secondary N) is 1. The summed E-state index contributed by atoms with van der Waals surface area (Å²) in [4.78, 5) is 30.9. The van der Waals surface area contributed by atoms with Crippen LogP contribution in [-0.4, -0.2) is 41.3 Å². The van der Waals surface area contributed by atoms with E-state index in [0.29, 0.717) is 36.7 Å². The minimum atomic E-state index is -0.270. The molecule has 1 N–H and O–H groups in total. The third kappa shape index (κ3) is 5.36. The molecule has 1 fully saturated rings. The van der Waals surface area contributed by atoms with Crippen molar-refractivity contribution in [3.8, 4) is 0 Å². The van der Waals surface area contributed by atoms with Crippen LogP contribution in [0, 0.1) is 5.82 Å². The molecule has 4 rings (SSSR count). The predicted octanol–water partition coefficient (Wildman–Crippen LogP) is 3.54. The van der Waals surface area contributed by atoms with Crippen molar-refractivity contribution < 1.29 is 18.4 Å². The van der Waals surface area contributed by atoms with Gasteiger partial charge in [-0.1, -0.05) is 30.3 Å². The number of hydrogen-bond acceptors (Lipinski definition) is 4. The van der Waals surface area contributed by atoms with E-state index in [1.165, 1.54) is 12.1 Å². The predicted molar refractivity (Wildman–Crippen MR) is 113 cm³/mol. The van der Waals surface area contributed by atoms with E-state index >= 15 is 0 Å². The van der Waals surface area contributed by atoms with Gasteiger partial charge in [0.1, 0.15) is 11.6 Å². The number of aromatic nitrogens is 1. The Morgan fingerprint density at radius 2 is 1.90 bits per heavy atom. The van der Waals surface area contributed by atoms with Crippen LogP contribution in [0.3, 0.4) is 0 Å². The molecule has 1 aliphatic rings. The first kappa shape index (κ1) is 20.8. The molecule has 1 aliphatic heterocycles. The molecule has 0 saturated carbocycles. The first-order valence-corrected chi connectivity index (χ1v) is 10.4. The highest BCUT2D eigenvalue weighted by Crippen LogP contribution is 2.27. The zero-order valence-corrected chi connectivity index (χ0v) is 17.1. The Bertz CT molecular complexity index is 1030. The van der Waals surface area contributed by atoms with E-state index in [2.05, 4.69) is 10.3 Å². The fraction of sp³-hybridized carbons (Fsp3) is 0.292. The lowest BCUT2D eigenvalue weighted by atomic mass is 9.98. The maximum Gasteiger partial charge on any atom is 0.251 e. The summed E-state index contributed by atoms with van der Waals surface area (Å²) >= 11 is 0. The van der Waals surface area contributed by atoms with Gasteiger partial charge < -0.3 is 14.6 Å². The molecule has 1 aromatic heterocycles. The highest BCUT2D eigenvalue weighted by molar-refractivity contribution is 5.96. The van der Waals surface area contributed by atoms with E-state index in [9.17, 15) is 14.0 Å². The lowest BCUT2D eigenvalue weighted by Crippen LogP contribution is -2.44. The molecule has 31 heavy (non-hydrogen) atoms. The molecule has 0 spiro atoms. The minimum Gasteiger partial charge on any atom is -0.445 e. The lowest BCUT2D eigenvalue weighted by Gasteiger charge is -2.31. The van der Waals surface area contributed by atoms with Gasteiger partial charge in [0.25, 0.3) is 5.91 Å². The van der Waals surface area contributed by atoms with Crippen LogP contribution >= 0.6 is 0 Å². The van der Waals surface area contributed by atoms with Crippen LogP contribution in [0.2, 0.25) is 0 Å². The highest BCUT2D eigenvalue weighted by atomic mass is 19.1. The van der Waals surface area contributed by atoms with Crippen molar-refractivity contribution >= 4 is 11.8 Å². The van der Waals surface area contributed by atoms with Gasteiger partial charge in [-0.25, -0.2) is 9.37 Å². The molecule has 7 heteroatoms. The Morgan fingerprint density at radius 3 is 2.68 bits per heavy atom. The molecular formula is C24H24FN3O3. The van der Waals surface area contributed by atoms with E-state index in [-0.39, 0.29) is 30.1 Å². The molecule has 2 amide bonds. The van der Waals surface area contributed by atoms with Crippen molar-refractivity contribution in [1.82, 2.24) is 15.2 Å². The molecule has 0 unspecified atom stereocenters. The quantitative estimate of drug-likeness (QED) is 0.661. The average molecular weight is 421 g/mol. The molecule has 6 nitrogen and oxygen atoms in total. The third-order valence-corrected chi connectivity index (χ3v) is 5.42. The number of nitrogens with zero attached hydrogens (tertiary/aromatic N) is 2. The fourth-order valence-corrected chi connectivity index (χ4v) is 3.76. The Hall–Kier alpha value is -3.48. The summed E-state index contributed by atoms with van der Waals surface area (Å²) in [5.41, 5.74) is 1.47. The zero-order chi connectivity index (χ0) is 21.6. The van der Waals surface area contributed by atoms with E-state index in [0.717, 1.165) is 18.4 Å². The summed E-state index contributed by atoms with van der Waals surface area (Å²) in [5.74, 6) is 0.689. The number of carbonyl (C=O) groups excluding carboxylic acids is 2. The number of piperidine rings is 1. The van der Waals surface area contributed by atoms with Crippen LogP contribution < -0.4 is 5.32 Å². The van der Waals surface area contributed by atoms with Crippen molar-refractivity contribution in [2.75, 3.05) is 19.6 Å². The van der Waals surface area contributed by atoms with Crippen LogP contribution in [0.4, 0.5) is 4.39 Å². The summed E-state index contributed by atoms with van der Waals surface area (Å²) in [5, 5.41) is 2.69. The van der Waals surface area contributed by atoms with Crippen LogP contribution in [-0.2, 0) is 11.2 Å². The zero-order valence-electron chi connectivity index (χ0n) is 17.1. The number of likely N-dealkylation sites (tertiary alicyclic amines) is 1. The number of hydrogen-bond donors (Lipinski definition) is 1.